The molecule has 33 heavy (non-hydrogen) atoms. The molecule has 0 radical (unpaired) electrons. The molecule has 1 atom stereocenters. The molecule has 0 bridgehead atoms. The van der Waals surface area contributed by atoms with Crippen LogP contribution in [0.2, 0.25) is 0 Å². The first kappa shape index (κ1) is 22.1. The number of ether oxygens (including phenoxy) is 2. The number of benzene rings is 2. The second kappa shape index (κ2) is 9.24. The average molecular weight is 468 g/mol. The molecule has 5 rings (SSSR count). The van der Waals surface area contributed by atoms with Crippen molar-refractivity contribution in [2.75, 3.05) is 58.9 Å². The van der Waals surface area contributed by atoms with Gasteiger partial charge in [0.2, 0.25) is 0 Å². The van der Waals surface area contributed by atoms with Crippen molar-refractivity contribution in [1.29, 1.82) is 0 Å². The molecule has 3 aromatic rings. The number of nitrogens with zero attached hydrogens (tertiary/aromatic N) is 5. The summed E-state index contributed by atoms with van der Waals surface area (Å²) in [7, 11) is 4.24. The lowest BCUT2D eigenvalue weighted by Gasteiger charge is -2.34. The molecule has 0 N–H and O–H groups in total. The maximum absolute atomic E-state index is 13.4. The fourth-order valence-corrected chi connectivity index (χ4v) is 6.05. The normalized spacial score (nSPS) is 18.2. The number of rotatable bonds is 5. The van der Waals surface area contributed by atoms with Crippen LogP contribution in [-0.2, 0) is 24.0 Å². The zero-order chi connectivity index (χ0) is 22.9. The minimum Gasteiger partial charge on any atom is -0.493 e. The Bertz CT molecular complexity index is 1200. The molecule has 0 spiro atoms. The summed E-state index contributed by atoms with van der Waals surface area (Å²) in [6.45, 7) is 5.06. The van der Waals surface area contributed by atoms with Crippen molar-refractivity contribution in [3.05, 3.63) is 47.8 Å². The van der Waals surface area contributed by atoms with Crippen LogP contribution in [0.15, 0.2) is 41.6 Å². The van der Waals surface area contributed by atoms with Gasteiger partial charge < -0.3 is 19.3 Å². The molecular formula is C24H29N5O3S. The number of hydrogen-bond acceptors (Lipinski definition) is 7. The van der Waals surface area contributed by atoms with Gasteiger partial charge in [0, 0.05) is 50.7 Å². The predicted molar refractivity (Wildman–Crippen MR) is 129 cm³/mol. The summed E-state index contributed by atoms with van der Waals surface area (Å²) in [6, 6.07) is 10.0. The summed E-state index contributed by atoms with van der Waals surface area (Å²) in [6.07, 6.45) is 2.42. The Morgan fingerprint density at radius 1 is 0.970 bits per heavy atom. The fraction of sp³-hybridized carbons (Fsp3) is 0.417. The number of hydrogen-bond donors (Lipinski definition) is 0. The van der Waals surface area contributed by atoms with Gasteiger partial charge in [0.15, 0.2) is 11.5 Å². The molecule has 1 unspecified atom stereocenters. The molecule has 0 amide bonds. The Labute approximate surface area is 196 Å². The van der Waals surface area contributed by atoms with Crippen LogP contribution < -0.4 is 14.4 Å². The van der Waals surface area contributed by atoms with Gasteiger partial charge in [0.25, 0.3) is 0 Å². The van der Waals surface area contributed by atoms with E-state index in [9.17, 15) is 4.21 Å². The molecule has 9 heteroatoms. The van der Waals surface area contributed by atoms with Crippen LogP contribution in [0.3, 0.4) is 0 Å². The highest BCUT2D eigenvalue weighted by atomic mass is 32.2. The summed E-state index contributed by atoms with van der Waals surface area (Å²) >= 11 is 0. The first-order valence-corrected chi connectivity index (χ1v) is 12.3. The molecule has 174 valence electrons. The number of piperazine rings is 1. The van der Waals surface area contributed by atoms with Crippen molar-refractivity contribution in [3.63, 3.8) is 0 Å². The predicted octanol–water partition coefficient (Wildman–Crippen LogP) is 2.48. The lowest BCUT2D eigenvalue weighted by Crippen LogP contribution is -2.45. The third kappa shape index (κ3) is 4.16. The van der Waals surface area contributed by atoms with Crippen molar-refractivity contribution in [3.8, 4) is 11.5 Å². The van der Waals surface area contributed by atoms with E-state index >= 15 is 0 Å². The van der Waals surface area contributed by atoms with Crippen LogP contribution in [0.1, 0.15) is 11.1 Å². The Kier molecular flexibility index (Phi) is 6.18. The largest absolute Gasteiger partial charge is 0.493 e. The smallest absolute Gasteiger partial charge is 0.162 e. The zero-order valence-corrected chi connectivity index (χ0v) is 20.1. The molecule has 3 heterocycles. The first-order chi connectivity index (χ1) is 16.1. The lowest BCUT2D eigenvalue weighted by molar-refractivity contribution is 0.228. The number of fused-ring (bicyclic) bond motifs is 2. The van der Waals surface area contributed by atoms with Crippen LogP contribution in [0, 0.1) is 0 Å². The minimum atomic E-state index is -1.13. The van der Waals surface area contributed by atoms with Crippen LogP contribution in [0.25, 0.3) is 10.9 Å². The Balaban J connectivity index is 1.45. The monoisotopic (exact) mass is 467 g/mol. The summed E-state index contributed by atoms with van der Waals surface area (Å²) in [5, 5.41) is 0.927. The third-order valence-electron chi connectivity index (χ3n) is 6.53. The van der Waals surface area contributed by atoms with Crippen LogP contribution in [0.5, 0.6) is 11.5 Å². The van der Waals surface area contributed by atoms with Gasteiger partial charge in [-0.15, -0.1) is 0 Å². The van der Waals surface area contributed by atoms with Crippen molar-refractivity contribution in [2.24, 2.45) is 0 Å². The van der Waals surface area contributed by atoms with E-state index in [0.717, 1.165) is 60.8 Å². The van der Waals surface area contributed by atoms with Gasteiger partial charge in [-0.1, -0.05) is 12.1 Å². The summed E-state index contributed by atoms with van der Waals surface area (Å²) in [4.78, 5) is 14.6. The van der Waals surface area contributed by atoms with E-state index in [-0.39, 0.29) is 0 Å². The average Bonchev–Trinajstić information content (AvgIpc) is 2.86. The number of anilines is 1. The Morgan fingerprint density at radius 2 is 1.73 bits per heavy atom. The molecule has 2 aromatic carbocycles. The number of aromatic nitrogens is 2. The highest BCUT2D eigenvalue weighted by Crippen LogP contribution is 2.36. The summed E-state index contributed by atoms with van der Waals surface area (Å²) < 4.78 is 26.4. The van der Waals surface area contributed by atoms with Crippen LogP contribution in [-0.4, -0.2) is 77.4 Å². The van der Waals surface area contributed by atoms with Gasteiger partial charge in [-0.25, -0.2) is 18.5 Å². The van der Waals surface area contributed by atoms with Crippen molar-refractivity contribution in [1.82, 2.24) is 19.2 Å². The molecule has 0 saturated carbocycles. The Hall–Kier alpha value is -2.75. The van der Waals surface area contributed by atoms with E-state index in [1.54, 1.807) is 20.5 Å². The van der Waals surface area contributed by atoms with Gasteiger partial charge in [0.1, 0.15) is 23.1 Å². The van der Waals surface area contributed by atoms with E-state index in [4.69, 9.17) is 9.47 Å². The number of likely N-dealkylation sites (N-methyl/N-ethyl adjacent to an activating group) is 1. The van der Waals surface area contributed by atoms with Gasteiger partial charge >= 0.3 is 0 Å². The van der Waals surface area contributed by atoms with E-state index < -0.39 is 11.0 Å². The van der Waals surface area contributed by atoms with Crippen LogP contribution >= 0.6 is 0 Å². The van der Waals surface area contributed by atoms with E-state index in [0.29, 0.717) is 18.0 Å². The van der Waals surface area contributed by atoms with Crippen molar-refractivity contribution >= 4 is 27.7 Å². The second-order valence-corrected chi connectivity index (χ2v) is 9.92. The zero-order valence-electron chi connectivity index (χ0n) is 19.3. The topological polar surface area (TPSA) is 71.0 Å². The number of methoxy groups -OCH3 is 2. The summed E-state index contributed by atoms with van der Waals surface area (Å²) in [5.41, 5.74) is 3.23. The molecule has 1 saturated heterocycles. The molecular weight excluding hydrogens is 438 g/mol. The highest BCUT2D eigenvalue weighted by Gasteiger charge is 2.27. The minimum absolute atomic E-state index is 0.648. The van der Waals surface area contributed by atoms with Crippen molar-refractivity contribution in [2.45, 2.75) is 17.9 Å². The molecule has 1 aromatic heterocycles. The van der Waals surface area contributed by atoms with Gasteiger partial charge in [-0.3, -0.25) is 0 Å². The highest BCUT2D eigenvalue weighted by molar-refractivity contribution is 7.82. The van der Waals surface area contributed by atoms with Gasteiger partial charge in [0.05, 0.1) is 24.6 Å². The molecule has 2 aliphatic rings. The molecule has 1 fully saturated rings. The van der Waals surface area contributed by atoms with E-state index in [1.165, 1.54) is 11.1 Å². The van der Waals surface area contributed by atoms with E-state index in [2.05, 4.69) is 37.2 Å². The third-order valence-corrected chi connectivity index (χ3v) is 8.12. The Morgan fingerprint density at radius 3 is 2.48 bits per heavy atom. The summed E-state index contributed by atoms with van der Waals surface area (Å²) in [5.74, 6) is 2.18. The van der Waals surface area contributed by atoms with E-state index in [1.807, 2.05) is 24.3 Å². The molecule has 2 aliphatic heterocycles. The van der Waals surface area contributed by atoms with Gasteiger partial charge in [-0.05, 0) is 36.7 Å². The van der Waals surface area contributed by atoms with Crippen molar-refractivity contribution < 1.29 is 13.7 Å². The maximum atomic E-state index is 13.4. The maximum Gasteiger partial charge on any atom is 0.162 e. The quantitative estimate of drug-likeness (QED) is 0.571. The molecule has 0 aliphatic carbocycles. The SMILES string of the molecule is COc1cc2ncnc(N3CCc4c(cccc4S(=O)N4CCN(C)CC4)C3)c2cc1OC. The first-order valence-electron chi connectivity index (χ1n) is 11.2. The fourth-order valence-electron chi connectivity index (χ4n) is 4.63. The van der Waals surface area contributed by atoms with Crippen LogP contribution in [0.4, 0.5) is 5.82 Å². The molecule has 8 nitrogen and oxygen atoms in total. The second-order valence-electron chi connectivity index (χ2n) is 8.47. The lowest BCUT2D eigenvalue weighted by atomic mass is 9.99. The standard InChI is InChI=1S/C24H29N5O3S/c1-27-9-11-29(12-10-27)33(30)23-6-4-5-17-15-28(8-7-18(17)23)24-19-13-21(31-2)22(32-3)14-20(19)25-16-26-24/h4-6,13-14,16H,7-12,15H2,1-3H3. The van der Waals surface area contributed by atoms with Gasteiger partial charge in [-0.2, -0.15) is 0 Å².